The number of methoxy groups -OCH3 is 1. The monoisotopic (exact) mass is 435 g/mol. The zero-order valence-electron chi connectivity index (χ0n) is 16.8. The fraction of sp³-hybridized carbons (Fsp3) is 0.174. The van der Waals surface area contributed by atoms with Crippen molar-refractivity contribution in [1.82, 2.24) is 15.3 Å². The number of amides is 1. The maximum Gasteiger partial charge on any atom is 0.326 e. The van der Waals surface area contributed by atoms with Crippen molar-refractivity contribution in [3.63, 3.8) is 0 Å². The molecule has 0 aliphatic heterocycles. The van der Waals surface area contributed by atoms with Gasteiger partial charge in [-0.05, 0) is 23.8 Å². The lowest BCUT2D eigenvalue weighted by Gasteiger charge is -2.14. The third kappa shape index (κ3) is 4.75. The first-order chi connectivity index (χ1) is 15.0. The number of nitrogens with zero attached hydrogens (tertiary/aromatic N) is 1. The zero-order chi connectivity index (χ0) is 21.8. The molecule has 0 saturated carbocycles. The van der Waals surface area contributed by atoms with Crippen LogP contribution in [0.2, 0.25) is 0 Å². The molecule has 1 amide bonds. The Hall–Kier alpha value is -3.65. The van der Waals surface area contributed by atoms with Crippen molar-refractivity contribution in [1.29, 1.82) is 0 Å². The van der Waals surface area contributed by atoms with Crippen molar-refractivity contribution < 1.29 is 19.4 Å². The maximum absolute atomic E-state index is 12.5. The molecule has 7 nitrogen and oxygen atoms in total. The van der Waals surface area contributed by atoms with Gasteiger partial charge in [0.2, 0.25) is 5.91 Å². The summed E-state index contributed by atoms with van der Waals surface area (Å²) in [6.45, 7) is 0. The van der Waals surface area contributed by atoms with Gasteiger partial charge >= 0.3 is 5.97 Å². The first kappa shape index (κ1) is 20.6. The number of para-hydroxylation sites is 1. The Morgan fingerprint density at radius 3 is 2.87 bits per heavy atom. The van der Waals surface area contributed by atoms with E-state index < -0.39 is 12.0 Å². The minimum atomic E-state index is -1.08. The van der Waals surface area contributed by atoms with Crippen LogP contribution in [0.5, 0.6) is 5.75 Å². The fourth-order valence-corrected chi connectivity index (χ4v) is 4.22. The van der Waals surface area contributed by atoms with Crippen LogP contribution in [0.1, 0.15) is 11.3 Å². The number of rotatable bonds is 8. The highest BCUT2D eigenvalue weighted by Crippen LogP contribution is 2.27. The summed E-state index contributed by atoms with van der Waals surface area (Å²) in [5.41, 5.74) is 3.27. The van der Waals surface area contributed by atoms with Crippen LogP contribution in [0, 0.1) is 0 Å². The summed E-state index contributed by atoms with van der Waals surface area (Å²) in [7, 11) is 1.60. The lowest BCUT2D eigenvalue weighted by atomic mass is 10.0. The smallest absolute Gasteiger partial charge is 0.326 e. The SMILES string of the molecule is COc1cccc(-c2nc(CC(=O)N[C@@H](Cc3c[nH]c4ccccc34)C(=O)O)cs2)c1. The van der Waals surface area contributed by atoms with Gasteiger partial charge in [0, 0.05) is 34.5 Å². The number of aromatic nitrogens is 2. The number of hydrogen-bond acceptors (Lipinski definition) is 5. The van der Waals surface area contributed by atoms with Crippen LogP contribution >= 0.6 is 11.3 Å². The van der Waals surface area contributed by atoms with Gasteiger partial charge in [-0.1, -0.05) is 30.3 Å². The highest BCUT2D eigenvalue weighted by atomic mass is 32.1. The molecule has 8 heteroatoms. The summed E-state index contributed by atoms with van der Waals surface area (Å²) >= 11 is 1.43. The molecule has 0 unspecified atom stereocenters. The second-order valence-electron chi connectivity index (χ2n) is 7.07. The molecule has 2 aromatic carbocycles. The Labute approximate surface area is 182 Å². The van der Waals surface area contributed by atoms with Gasteiger partial charge in [0.15, 0.2) is 0 Å². The van der Waals surface area contributed by atoms with Crippen LogP contribution in [-0.2, 0) is 22.4 Å². The average molecular weight is 436 g/mol. The van der Waals surface area contributed by atoms with Gasteiger partial charge in [0.25, 0.3) is 0 Å². The third-order valence-electron chi connectivity index (χ3n) is 4.94. The number of fused-ring (bicyclic) bond motifs is 1. The highest BCUT2D eigenvalue weighted by molar-refractivity contribution is 7.13. The molecule has 31 heavy (non-hydrogen) atoms. The first-order valence-electron chi connectivity index (χ1n) is 9.69. The number of aliphatic carboxylic acids is 1. The molecule has 1 atom stereocenters. The topological polar surface area (TPSA) is 104 Å². The summed E-state index contributed by atoms with van der Waals surface area (Å²) in [5.74, 6) is -0.725. The zero-order valence-corrected chi connectivity index (χ0v) is 17.6. The minimum Gasteiger partial charge on any atom is -0.497 e. The molecule has 4 aromatic rings. The molecule has 4 rings (SSSR count). The van der Waals surface area contributed by atoms with Crippen molar-refractivity contribution in [2.75, 3.05) is 7.11 Å². The van der Waals surface area contributed by atoms with Crippen LogP contribution < -0.4 is 10.1 Å². The van der Waals surface area contributed by atoms with E-state index in [0.29, 0.717) is 5.69 Å². The van der Waals surface area contributed by atoms with Gasteiger partial charge in [-0.3, -0.25) is 4.79 Å². The first-order valence-corrected chi connectivity index (χ1v) is 10.6. The van der Waals surface area contributed by atoms with Gasteiger partial charge in [-0.15, -0.1) is 11.3 Å². The Morgan fingerprint density at radius 1 is 1.23 bits per heavy atom. The van der Waals surface area contributed by atoms with Gasteiger partial charge in [-0.2, -0.15) is 0 Å². The molecule has 158 valence electrons. The molecular weight excluding hydrogens is 414 g/mol. The Morgan fingerprint density at radius 2 is 2.06 bits per heavy atom. The number of thiazole rings is 1. The maximum atomic E-state index is 12.5. The van der Waals surface area contributed by atoms with E-state index >= 15 is 0 Å². The lowest BCUT2D eigenvalue weighted by molar-refractivity contribution is -0.141. The van der Waals surface area contributed by atoms with Crippen LogP contribution in [-0.4, -0.2) is 40.1 Å². The van der Waals surface area contributed by atoms with E-state index in [0.717, 1.165) is 32.8 Å². The number of aromatic amines is 1. The molecule has 0 bridgehead atoms. The second-order valence-corrected chi connectivity index (χ2v) is 7.93. The van der Waals surface area contributed by atoms with E-state index in [4.69, 9.17) is 4.74 Å². The average Bonchev–Trinajstić information content (AvgIpc) is 3.40. The minimum absolute atomic E-state index is 0.0120. The normalized spacial score (nSPS) is 11.9. The van der Waals surface area contributed by atoms with Crippen molar-refractivity contribution >= 4 is 34.1 Å². The number of carboxylic acid groups (broad SMARTS) is 1. The number of carbonyl (C=O) groups is 2. The number of benzene rings is 2. The second kappa shape index (κ2) is 9.01. The molecular formula is C23H21N3O4S. The number of nitrogens with one attached hydrogen (secondary N) is 2. The van der Waals surface area contributed by atoms with E-state index in [1.54, 1.807) is 13.3 Å². The summed E-state index contributed by atoms with van der Waals surface area (Å²) in [4.78, 5) is 31.9. The molecule has 2 aromatic heterocycles. The number of H-pyrrole nitrogens is 1. The highest BCUT2D eigenvalue weighted by Gasteiger charge is 2.22. The van der Waals surface area contributed by atoms with Crippen LogP contribution in [0.25, 0.3) is 21.5 Å². The standard InChI is InChI=1S/C23H21N3O4S/c1-30-17-6-4-5-14(9-17)22-25-16(13-31-22)11-21(27)26-20(23(28)29)10-15-12-24-19-8-3-2-7-18(15)19/h2-9,12-13,20,24H,10-11H2,1H3,(H,26,27)(H,28,29)/t20-/m0/s1. The number of carbonyl (C=O) groups excluding carboxylic acids is 1. The van der Waals surface area contributed by atoms with Gasteiger partial charge in [0.05, 0.1) is 19.2 Å². The molecule has 0 radical (unpaired) electrons. The van der Waals surface area contributed by atoms with Crippen molar-refractivity contribution in [2.45, 2.75) is 18.9 Å². The summed E-state index contributed by atoms with van der Waals surface area (Å²) in [6.07, 6.45) is 1.99. The van der Waals surface area contributed by atoms with E-state index in [1.165, 1.54) is 11.3 Å². The quantitative estimate of drug-likeness (QED) is 0.392. The number of carboxylic acids is 1. The Bertz CT molecular complexity index is 1230. The van der Waals surface area contributed by atoms with Crippen LogP contribution in [0.3, 0.4) is 0 Å². The summed E-state index contributed by atoms with van der Waals surface area (Å²) in [5, 5.41) is 15.8. The van der Waals surface area contributed by atoms with E-state index in [1.807, 2.05) is 53.9 Å². The molecule has 0 saturated heterocycles. The molecule has 3 N–H and O–H groups in total. The van der Waals surface area contributed by atoms with Gasteiger partial charge in [-0.25, -0.2) is 9.78 Å². The van der Waals surface area contributed by atoms with Crippen LogP contribution in [0.15, 0.2) is 60.1 Å². The summed E-state index contributed by atoms with van der Waals surface area (Å²) < 4.78 is 5.24. The van der Waals surface area contributed by atoms with Crippen molar-refractivity contribution in [2.24, 2.45) is 0 Å². The van der Waals surface area contributed by atoms with Gasteiger partial charge in [0.1, 0.15) is 16.8 Å². The third-order valence-corrected chi connectivity index (χ3v) is 5.88. The molecule has 0 aliphatic rings. The summed E-state index contributed by atoms with van der Waals surface area (Å²) in [6, 6.07) is 14.2. The number of hydrogen-bond donors (Lipinski definition) is 3. The predicted molar refractivity (Wildman–Crippen MR) is 119 cm³/mol. The Balaban J connectivity index is 1.43. The van der Waals surface area contributed by atoms with E-state index in [2.05, 4.69) is 15.3 Å². The van der Waals surface area contributed by atoms with E-state index in [-0.39, 0.29) is 18.7 Å². The van der Waals surface area contributed by atoms with Crippen molar-refractivity contribution in [3.05, 3.63) is 71.4 Å². The van der Waals surface area contributed by atoms with Gasteiger partial charge < -0.3 is 20.1 Å². The number of ether oxygens (including phenoxy) is 1. The molecule has 0 aliphatic carbocycles. The largest absolute Gasteiger partial charge is 0.497 e. The van der Waals surface area contributed by atoms with E-state index in [9.17, 15) is 14.7 Å². The predicted octanol–water partition coefficient (Wildman–Crippen LogP) is 3.65. The molecule has 0 fully saturated rings. The lowest BCUT2D eigenvalue weighted by Crippen LogP contribution is -2.43. The molecule has 2 heterocycles. The Kier molecular flexibility index (Phi) is 5.99. The van der Waals surface area contributed by atoms with Crippen molar-refractivity contribution in [3.8, 4) is 16.3 Å². The van der Waals surface area contributed by atoms with Crippen LogP contribution in [0.4, 0.5) is 0 Å². The fourth-order valence-electron chi connectivity index (χ4n) is 3.41. The molecule has 0 spiro atoms.